The highest BCUT2D eigenvalue weighted by Gasteiger charge is 2.26. The maximum atomic E-state index is 9.53. The molecule has 1 fully saturated rings. The van der Waals surface area contributed by atoms with Crippen LogP contribution in [0.15, 0.2) is 0 Å². The average molecular weight is 187 g/mol. The second-order valence-corrected chi connectivity index (χ2v) is 3.87. The summed E-state index contributed by atoms with van der Waals surface area (Å²) in [5.74, 6) is 0. The van der Waals surface area contributed by atoms with Gasteiger partial charge >= 0.3 is 0 Å². The van der Waals surface area contributed by atoms with E-state index in [2.05, 4.69) is 18.7 Å². The zero-order valence-electron chi connectivity index (χ0n) is 8.86. The molecule has 3 heteroatoms. The van der Waals surface area contributed by atoms with Crippen LogP contribution in [0.2, 0.25) is 0 Å². The number of aliphatic hydroxyl groups excluding tert-OH is 1. The summed E-state index contributed by atoms with van der Waals surface area (Å²) >= 11 is 0. The SMILES string of the molecule is CC[C@@H](O)CN1CCOC(C)C1C. The Morgan fingerprint density at radius 1 is 1.54 bits per heavy atom. The average Bonchev–Trinajstić information content (AvgIpc) is 2.13. The van der Waals surface area contributed by atoms with Crippen molar-refractivity contribution in [2.45, 2.75) is 45.4 Å². The molecule has 3 atom stereocenters. The van der Waals surface area contributed by atoms with E-state index in [0.29, 0.717) is 6.04 Å². The predicted molar refractivity (Wildman–Crippen MR) is 52.7 cm³/mol. The second-order valence-electron chi connectivity index (χ2n) is 3.87. The quantitative estimate of drug-likeness (QED) is 0.711. The van der Waals surface area contributed by atoms with Gasteiger partial charge in [0.2, 0.25) is 0 Å². The molecule has 0 spiro atoms. The van der Waals surface area contributed by atoms with Crippen LogP contribution >= 0.6 is 0 Å². The van der Waals surface area contributed by atoms with E-state index in [9.17, 15) is 5.11 Å². The van der Waals surface area contributed by atoms with Crippen molar-refractivity contribution in [2.75, 3.05) is 19.7 Å². The largest absolute Gasteiger partial charge is 0.392 e. The van der Waals surface area contributed by atoms with Gasteiger partial charge in [0.15, 0.2) is 0 Å². The van der Waals surface area contributed by atoms with Gasteiger partial charge in [0.1, 0.15) is 0 Å². The summed E-state index contributed by atoms with van der Waals surface area (Å²) in [5, 5.41) is 9.53. The van der Waals surface area contributed by atoms with E-state index >= 15 is 0 Å². The van der Waals surface area contributed by atoms with E-state index in [4.69, 9.17) is 4.74 Å². The Kier molecular flexibility index (Phi) is 4.16. The van der Waals surface area contributed by atoms with Crippen molar-refractivity contribution >= 4 is 0 Å². The van der Waals surface area contributed by atoms with Gasteiger partial charge in [-0.15, -0.1) is 0 Å². The number of hydrogen-bond donors (Lipinski definition) is 1. The van der Waals surface area contributed by atoms with Gasteiger partial charge in [-0.25, -0.2) is 0 Å². The Balaban J connectivity index is 2.39. The van der Waals surface area contributed by atoms with Crippen LogP contribution in [-0.2, 0) is 4.74 Å². The molecular formula is C10H21NO2. The number of ether oxygens (including phenoxy) is 1. The fourth-order valence-electron chi connectivity index (χ4n) is 1.65. The molecule has 0 aromatic rings. The summed E-state index contributed by atoms with van der Waals surface area (Å²) in [4.78, 5) is 2.31. The highest BCUT2D eigenvalue weighted by Crippen LogP contribution is 2.13. The molecule has 1 rings (SSSR count). The van der Waals surface area contributed by atoms with Gasteiger partial charge in [-0.3, -0.25) is 4.90 Å². The Hall–Kier alpha value is -0.120. The molecule has 0 bridgehead atoms. The van der Waals surface area contributed by atoms with E-state index in [1.165, 1.54) is 0 Å². The predicted octanol–water partition coefficient (Wildman–Crippen LogP) is 0.866. The monoisotopic (exact) mass is 187 g/mol. The maximum absolute atomic E-state index is 9.53. The van der Waals surface area contributed by atoms with Crippen LogP contribution in [0.4, 0.5) is 0 Å². The van der Waals surface area contributed by atoms with Crippen molar-refractivity contribution < 1.29 is 9.84 Å². The molecule has 13 heavy (non-hydrogen) atoms. The molecule has 1 heterocycles. The fourth-order valence-corrected chi connectivity index (χ4v) is 1.65. The zero-order chi connectivity index (χ0) is 9.84. The van der Waals surface area contributed by atoms with E-state index in [0.717, 1.165) is 26.1 Å². The highest BCUT2D eigenvalue weighted by molar-refractivity contribution is 4.78. The lowest BCUT2D eigenvalue weighted by Crippen LogP contribution is -2.50. The number of hydrogen-bond acceptors (Lipinski definition) is 3. The minimum atomic E-state index is -0.187. The zero-order valence-corrected chi connectivity index (χ0v) is 8.86. The Bertz CT molecular complexity index is 152. The summed E-state index contributed by atoms with van der Waals surface area (Å²) < 4.78 is 5.51. The molecule has 0 aromatic heterocycles. The molecule has 0 radical (unpaired) electrons. The van der Waals surface area contributed by atoms with Gasteiger partial charge in [-0.05, 0) is 20.3 Å². The molecule has 2 unspecified atom stereocenters. The third kappa shape index (κ3) is 2.93. The molecule has 0 aromatic carbocycles. The van der Waals surface area contributed by atoms with E-state index in [1.807, 2.05) is 6.92 Å². The number of nitrogens with zero attached hydrogens (tertiary/aromatic N) is 1. The number of β-amino-alcohol motifs (C(OH)–C–C–N with tert-alkyl or cyclic N) is 1. The van der Waals surface area contributed by atoms with Gasteiger partial charge in [-0.1, -0.05) is 6.92 Å². The Morgan fingerprint density at radius 3 is 2.85 bits per heavy atom. The van der Waals surface area contributed by atoms with Crippen LogP contribution in [0.3, 0.4) is 0 Å². The van der Waals surface area contributed by atoms with Gasteiger partial charge in [0.25, 0.3) is 0 Å². The standard InChI is InChI=1S/C10H21NO2/c1-4-10(12)7-11-5-6-13-9(3)8(11)2/h8-10,12H,4-7H2,1-3H3/t8?,9?,10-/m1/s1. The molecule has 1 saturated heterocycles. The minimum absolute atomic E-state index is 0.187. The van der Waals surface area contributed by atoms with E-state index in [1.54, 1.807) is 0 Å². The molecule has 3 nitrogen and oxygen atoms in total. The number of rotatable bonds is 3. The maximum Gasteiger partial charge on any atom is 0.0700 e. The smallest absolute Gasteiger partial charge is 0.0700 e. The van der Waals surface area contributed by atoms with E-state index < -0.39 is 0 Å². The number of morpholine rings is 1. The summed E-state index contributed by atoms with van der Waals surface area (Å²) in [6.45, 7) is 8.79. The minimum Gasteiger partial charge on any atom is -0.392 e. The first-order chi connectivity index (χ1) is 6.15. The lowest BCUT2D eigenvalue weighted by atomic mass is 10.1. The van der Waals surface area contributed by atoms with Crippen molar-refractivity contribution in [1.82, 2.24) is 4.90 Å². The lowest BCUT2D eigenvalue weighted by Gasteiger charge is -2.38. The first-order valence-electron chi connectivity index (χ1n) is 5.18. The van der Waals surface area contributed by atoms with Crippen LogP contribution in [-0.4, -0.2) is 48.0 Å². The Labute approximate surface area is 80.7 Å². The first kappa shape index (κ1) is 11.0. The second kappa shape index (κ2) is 4.94. The molecule has 1 aliphatic rings. The van der Waals surface area contributed by atoms with Gasteiger partial charge in [0, 0.05) is 19.1 Å². The van der Waals surface area contributed by atoms with Crippen LogP contribution in [0.25, 0.3) is 0 Å². The third-order valence-corrected chi connectivity index (χ3v) is 2.93. The summed E-state index contributed by atoms with van der Waals surface area (Å²) in [7, 11) is 0. The van der Waals surface area contributed by atoms with Crippen molar-refractivity contribution in [1.29, 1.82) is 0 Å². The van der Waals surface area contributed by atoms with Crippen molar-refractivity contribution in [3.8, 4) is 0 Å². The van der Waals surface area contributed by atoms with Crippen LogP contribution in [0.1, 0.15) is 27.2 Å². The summed E-state index contributed by atoms with van der Waals surface area (Å²) in [6, 6.07) is 0.426. The van der Waals surface area contributed by atoms with E-state index in [-0.39, 0.29) is 12.2 Å². The van der Waals surface area contributed by atoms with Crippen LogP contribution in [0.5, 0.6) is 0 Å². The lowest BCUT2D eigenvalue weighted by molar-refractivity contribution is -0.0671. The topological polar surface area (TPSA) is 32.7 Å². The Morgan fingerprint density at radius 2 is 2.23 bits per heavy atom. The fraction of sp³-hybridized carbons (Fsp3) is 1.00. The molecule has 0 aliphatic carbocycles. The van der Waals surface area contributed by atoms with Gasteiger partial charge in [-0.2, -0.15) is 0 Å². The summed E-state index contributed by atoms with van der Waals surface area (Å²) in [6.07, 6.45) is 0.934. The highest BCUT2D eigenvalue weighted by atomic mass is 16.5. The molecule has 0 amide bonds. The molecule has 0 saturated carbocycles. The first-order valence-corrected chi connectivity index (χ1v) is 5.18. The van der Waals surface area contributed by atoms with Crippen LogP contribution < -0.4 is 0 Å². The van der Waals surface area contributed by atoms with Crippen molar-refractivity contribution in [3.05, 3.63) is 0 Å². The van der Waals surface area contributed by atoms with Gasteiger partial charge in [0.05, 0.1) is 18.8 Å². The van der Waals surface area contributed by atoms with Crippen molar-refractivity contribution in [2.24, 2.45) is 0 Å². The molecular weight excluding hydrogens is 166 g/mol. The van der Waals surface area contributed by atoms with Gasteiger partial charge < -0.3 is 9.84 Å². The van der Waals surface area contributed by atoms with Crippen molar-refractivity contribution in [3.63, 3.8) is 0 Å². The summed E-state index contributed by atoms with van der Waals surface area (Å²) in [5.41, 5.74) is 0. The molecule has 1 aliphatic heterocycles. The third-order valence-electron chi connectivity index (χ3n) is 2.93. The number of aliphatic hydroxyl groups is 1. The molecule has 78 valence electrons. The van der Waals surface area contributed by atoms with Crippen LogP contribution in [0, 0.1) is 0 Å². The normalized spacial score (nSPS) is 33.2. The molecule has 1 N–H and O–H groups in total.